The van der Waals surface area contributed by atoms with E-state index in [2.05, 4.69) is 10.6 Å². The van der Waals surface area contributed by atoms with Gasteiger partial charge in [0.1, 0.15) is 6.29 Å². The maximum atomic E-state index is 10.2. The first-order chi connectivity index (χ1) is 3.29. The van der Waals surface area contributed by atoms with Crippen molar-refractivity contribution in [1.29, 1.82) is 0 Å². The predicted molar refractivity (Wildman–Crippen MR) is 24.1 cm³/mol. The summed E-state index contributed by atoms with van der Waals surface area (Å²) >= 11 is 0. The molecule has 40 valence electrons. The molecule has 1 heterocycles. The first-order valence-corrected chi connectivity index (χ1v) is 2.07. The van der Waals surface area contributed by atoms with Gasteiger partial charge in [-0.1, -0.05) is 0 Å². The van der Waals surface area contributed by atoms with Crippen LogP contribution in [0.4, 0.5) is 0 Å². The second-order valence-electron chi connectivity index (χ2n) is 1.43. The molecule has 7 heavy (non-hydrogen) atoms. The molecule has 1 saturated heterocycles. The molecular formula is C3H7N3O. The number of rotatable bonds is 0. The smallest absolute Gasteiger partial charge is 0.236 e. The highest BCUT2D eigenvalue weighted by atomic mass is 16.2. The highest BCUT2D eigenvalue weighted by Gasteiger charge is 2.13. The fourth-order valence-corrected chi connectivity index (χ4v) is 0.478. The minimum Gasteiger partial charge on any atom is -0.327 e. The van der Waals surface area contributed by atoms with Gasteiger partial charge in [-0.3, -0.25) is 15.8 Å². The number of hydrogen-bond donors (Lipinski definition) is 3. The zero-order valence-corrected chi connectivity index (χ0v) is 3.77. The summed E-state index contributed by atoms with van der Waals surface area (Å²) in [7, 11) is 0. The van der Waals surface area contributed by atoms with Crippen molar-refractivity contribution in [3.8, 4) is 0 Å². The van der Waals surface area contributed by atoms with Crippen molar-refractivity contribution in [3.05, 3.63) is 0 Å². The molecule has 0 aromatic rings. The maximum absolute atomic E-state index is 10.2. The summed E-state index contributed by atoms with van der Waals surface area (Å²) < 4.78 is 0. The zero-order valence-electron chi connectivity index (χ0n) is 3.77. The second-order valence-corrected chi connectivity index (χ2v) is 1.43. The first-order valence-electron chi connectivity index (χ1n) is 2.07. The minimum atomic E-state index is -0.326. The van der Waals surface area contributed by atoms with Crippen molar-refractivity contribution < 1.29 is 4.79 Å². The summed E-state index contributed by atoms with van der Waals surface area (Å²) in [5, 5.41) is 5.13. The molecule has 1 amide bonds. The van der Waals surface area contributed by atoms with Crippen LogP contribution >= 0.6 is 0 Å². The summed E-state index contributed by atoms with van der Waals surface area (Å²) in [5.41, 5.74) is 5.18. The fraction of sp³-hybridized carbons (Fsp3) is 0.667. The van der Waals surface area contributed by atoms with Gasteiger partial charge in [-0.05, 0) is 0 Å². The third-order valence-corrected chi connectivity index (χ3v) is 0.799. The molecule has 0 radical (unpaired) electrons. The monoisotopic (exact) mass is 101 g/mol. The lowest BCUT2D eigenvalue weighted by Gasteiger charge is -1.97. The Bertz CT molecular complexity index is 92.2. The number of carbonyl (C=O) groups is 1. The molecule has 0 saturated carbocycles. The summed E-state index contributed by atoms with van der Waals surface area (Å²) in [4.78, 5) is 10.2. The summed E-state index contributed by atoms with van der Waals surface area (Å²) in [6.45, 7) is 0.348. The van der Waals surface area contributed by atoms with E-state index >= 15 is 0 Å². The van der Waals surface area contributed by atoms with Crippen LogP contribution in [0.1, 0.15) is 0 Å². The van der Waals surface area contributed by atoms with Gasteiger partial charge in [-0.15, -0.1) is 0 Å². The lowest BCUT2D eigenvalue weighted by atomic mass is 10.7. The maximum Gasteiger partial charge on any atom is 0.236 e. The van der Waals surface area contributed by atoms with Gasteiger partial charge in [0.15, 0.2) is 0 Å². The van der Waals surface area contributed by atoms with Crippen molar-refractivity contribution >= 4 is 5.91 Å². The predicted octanol–water partition coefficient (Wildman–Crippen LogP) is -2.05. The minimum absolute atomic E-state index is 0.0347. The Morgan fingerprint density at radius 3 is 2.71 bits per heavy atom. The van der Waals surface area contributed by atoms with E-state index in [1.54, 1.807) is 0 Å². The molecule has 1 aliphatic rings. The molecule has 1 aliphatic heterocycles. The van der Waals surface area contributed by atoms with Crippen LogP contribution in [0.5, 0.6) is 0 Å². The second kappa shape index (κ2) is 1.48. The molecule has 1 rings (SSSR count). The summed E-state index contributed by atoms with van der Waals surface area (Å²) in [5.74, 6) is -0.0347. The molecule has 4 nitrogen and oxygen atoms in total. The quantitative estimate of drug-likeness (QED) is 0.329. The van der Waals surface area contributed by atoms with Gasteiger partial charge in [-0.2, -0.15) is 0 Å². The van der Waals surface area contributed by atoms with E-state index in [4.69, 9.17) is 5.73 Å². The van der Waals surface area contributed by atoms with Crippen LogP contribution < -0.4 is 16.4 Å². The molecule has 0 bridgehead atoms. The van der Waals surface area contributed by atoms with Gasteiger partial charge in [0, 0.05) is 0 Å². The standard InChI is InChI=1S/C3H7N3O/c4-3-5-1-2(7)6-3/h3,5H,1,4H2,(H,6,7)/t3-/m0/s1. The molecular weight excluding hydrogens is 94.1 g/mol. The van der Waals surface area contributed by atoms with E-state index < -0.39 is 0 Å². The van der Waals surface area contributed by atoms with Crippen LogP contribution in [0, 0.1) is 0 Å². The summed E-state index contributed by atoms with van der Waals surface area (Å²) in [6, 6.07) is 0. The van der Waals surface area contributed by atoms with Gasteiger partial charge in [0.25, 0.3) is 0 Å². The SMILES string of the molecule is N[C@H]1NCC(=O)N1. The van der Waals surface area contributed by atoms with Gasteiger partial charge in [0.2, 0.25) is 5.91 Å². The molecule has 0 aromatic heterocycles. The van der Waals surface area contributed by atoms with E-state index in [9.17, 15) is 4.79 Å². The Morgan fingerprint density at radius 2 is 2.57 bits per heavy atom. The van der Waals surface area contributed by atoms with Crippen molar-refractivity contribution in [2.45, 2.75) is 6.29 Å². The van der Waals surface area contributed by atoms with E-state index in [0.717, 1.165) is 0 Å². The number of nitrogens with one attached hydrogen (secondary N) is 2. The van der Waals surface area contributed by atoms with Gasteiger partial charge >= 0.3 is 0 Å². The molecule has 1 fully saturated rings. The Morgan fingerprint density at radius 1 is 1.86 bits per heavy atom. The van der Waals surface area contributed by atoms with Crippen molar-refractivity contribution in [1.82, 2.24) is 10.6 Å². The first kappa shape index (κ1) is 4.55. The van der Waals surface area contributed by atoms with E-state index in [1.165, 1.54) is 0 Å². The average molecular weight is 101 g/mol. The third kappa shape index (κ3) is 0.880. The highest BCUT2D eigenvalue weighted by Crippen LogP contribution is 1.74. The highest BCUT2D eigenvalue weighted by molar-refractivity contribution is 5.80. The largest absolute Gasteiger partial charge is 0.327 e. The van der Waals surface area contributed by atoms with E-state index in [1.807, 2.05) is 0 Å². The van der Waals surface area contributed by atoms with Crippen LogP contribution in [0.3, 0.4) is 0 Å². The number of amides is 1. The average Bonchev–Trinajstić information content (AvgIpc) is 1.87. The molecule has 4 N–H and O–H groups in total. The Hall–Kier alpha value is -0.610. The van der Waals surface area contributed by atoms with Gasteiger partial charge in [-0.25, -0.2) is 0 Å². The van der Waals surface area contributed by atoms with Gasteiger partial charge in [0.05, 0.1) is 6.54 Å². The molecule has 0 spiro atoms. The topological polar surface area (TPSA) is 67.1 Å². The van der Waals surface area contributed by atoms with Crippen LogP contribution in [0.2, 0.25) is 0 Å². The van der Waals surface area contributed by atoms with Crippen LogP contribution in [0.25, 0.3) is 0 Å². The normalized spacial score (nSPS) is 30.4. The Balaban J connectivity index is 2.40. The molecule has 0 aliphatic carbocycles. The van der Waals surface area contributed by atoms with Crippen LogP contribution in [-0.2, 0) is 4.79 Å². The van der Waals surface area contributed by atoms with E-state index in [0.29, 0.717) is 6.54 Å². The van der Waals surface area contributed by atoms with Crippen LogP contribution in [-0.4, -0.2) is 18.7 Å². The number of hydrogen-bond acceptors (Lipinski definition) is 3. The fourth-order valence-electron chi connectivity index (χ4n) is 0.478. The number of nitrogens with two attached hydrogens (primary N) is 1. The summed E-state index contributed by atoms with van der Waals surface area (Å²) in [6.07, 6.45) is -0.326. The molecule has 4 heteroatoms. The molecule has 0 unspecified atom stereocenters. The van der Waals surface area contributed by atoms with Crippen molar-refractivity contribution in [3.63, 3.8) is 0 Å². The number of carbonyl (C=O) groups excluding carboxylic acids is 1. The molecule has 0 aromatic carbocycles. The lowest BCUT2D eigenvalue weighted by molar-refractivity contribution is -0.118. The Labute approximate surface area is 41.1 Å². The Kier molecular flexibility index (Phi) is 0.958. The molecule has 1 atom stereocenters. The van der Waals surface area contributed by atoms with E-state index in [-0.39, 0.29) is 12.2 Å². The van der Waals surface area contributed by atoms with Crippen LogP contribution in [0.15, 0.2) is 0 Å². The van der Waals surface area contributed by atoms with Crippen molar-refractivity contribution in [2.24, 2.45) is 5.73 Å². The lowest BCUT2D eigenvalue weighted by Crippen LogP contribution is -2.40. The third-order valence-electron chi connectivity index (χ3n) is 0.799. The zero-order chi connectivity index (χ0) is 5.28. The van der Waals surface area contributed by atoms with Crippen molar-refractivity contribution in [2.75, 3.05) is 6.54 Å². The van der Waals surface area contributed by atoms with Gasteiger partial charge < -0.3 is 5.32 Å².